The molecule has 0 aliphatic carbocycles. The molecule has 0 aromatic carbocycles. The molecule has 0 aromatic rings. The standard InChI is InChI=1S/C14H26O7S/c1-5-7-10(3)20-13(15)9-12(22(17,18)19)14(16)21-11(4)8-6-2/h10-12H,5-9H2,1-4H3,(H,17,18,19)/p-1. The minimum atomic E-state index is -4.99. The fraction of sp³-hybridized carbons (Fsp3) is 0.857. The maximum absolute atomic E-state index is 11.8. The van der Waals surface area contributed by atoms with Crippen molar-refractivity contribution < 1.29 is 32.0 Å². The zero-order chi connectivity index (χ0) is 17.3. The lowest BCUT2D eigenvalue weighted by atomic mass is 10.2. The highest BCUT2D eigenvalue weighted by Gasteiger charge is 2.31. The summed E-state index contributed by atoms with van der Waals surface area (Å²) in [6, 6.07) is 0. The van der Waals surface area contributed by atoms with Crippen molar-refractivity contribution in [2.45, 2.75) is 77.3 Å². The highest BCUT2D eigenvalue weighted by molar-refractivity contribution is 7.87. The Labute approximate surface area is 132 Å². The van der Waals surface area contributed by atoms with Gasteiger partial charge in [-0.05, 0) is 26.7 Å². The van der Waals surface area contributed by atoms with Gasteiger partial charge in [0.2, 0.25) is 0 Å². The largest absolute Gasteiger partial charge is 0.747 e. The lowest BCUT2D eigenvalue weighted by Crippen LogP contribution is -2.36. The van der Waals surface area contributed by atoms with Crippen LogP contribution in [0, 0.1) is 0 Å². The zero-order valence-electron chi connectivity index (χ0n) is 13.5. The van der Waals surface area contributed by atoms with Crippen LogP contribution in [0.5, 0.6) is 0 Å². The summed E-state index contributed by atoms with van der Waals surface area (Å²) in [5.74, 6) is -2.10. The van der Waals surface area contributed by atoms with Gasteiger partial charge >= 0.3 is 11.9 Å². The quantitative estimate of drug-likeness (QED) is 0.441. The Morgan fingerprint density at radius 2 is 1.45 bits per heavy atom. The number of esters is 2. The summed E-state index contributed by atoms with van der Waals surface area (Å²) in [5.41, 5.74) is 0. The summed E-state index contributed by atoms with van der Waals surface area (Å²) in [7, 11) is -4.99. The van der Waals surface area contributed by atoms with Crippen LogP contribution in [0.15, 0.2) is 0 Å². The Morgan fingerprint density at radius 3 is 1.86 bits per heavy atom. The first-order valence-corrected chi connectivity index (χ1v) is 8.93. The van der Waals surface area contributed by atoms with E-state index in [-0.39, 0.29) is 0 Å². The number of hydrogen-bond donors (Lipinski definition) is 0. The molecule has 0 radical (unpaired) electrons. The predicted molar refractivity (Wildman–Crippen MR) is 79.0 cm³/mol. The van der Waals surface area contributed by atoms with Gasteiger partial charge in [-0.2, -0.15) is 0 Å². The molecule has 3 unspecified atom stereocenters. The van der Waals surface area contributed by atoms with Gasteiger partial charge in [0.15, 0.2) is 5.25 Å². The van der Waals surface area contributed by atoms with Crippen LogP contribution < -0.4 is 0 Å². The van der Waals surface area contributed by atoms with Crippen molar-refractivity contribution in [3.63, 3.8) is 0 Å². The van der Waals surface area contributed by atoms with E-state index in [2.05, 4.69) is 0 Å². The van der Waals surface area contributed by atoms with Crippen molar-refractivity contribution in [3.05, 3.63) is 0 Å². The maximum atomic E-state index is 11.8. The second-order valence-electron chi connectivity index (χ2n) is 5.31. The zero-order valence-corrected chi connectivity index (χ0v) is 14.4. The molecule has 0 bridgehead atoms. The highest BCUT2D eigenvalue weighted by atomic mass is 32.2. The third kappa shape index (κ3) is 8.33. The Kier molecular flexibility index (Phi) is 9.27. The third-order valence-corrected chi connectivity index (χ3v) is 4.06. The lowest BCUT2D eigenvalue weighted by molar-refractivity contribution is -0.155. The Bertz CT molecular complexity index is 458. The molecule has 0 spiro atoms. The predicted octanol–water partition coefficient (Wildman–Crippen LogP) is 1.75. The van der Waals surface area contributed by atoms with Crippen LogP contribution in [0.25, 0.3) is 0 Å². The van der Waals surface area contributed by atoms with E-state index in [9.17, 15) is 22.6 Å². The smallest absolute Gasteiger partial charge is 0.324 e. The van der Waals surface area contributed by atoms with Gasteiger partial charge in [0.05, 0.1) is 18.6 Å². The van der Waals surface area contributed by atoms with E-state index >= 15 is 0 Å². The van der Waals surface area contributed by atoms with Gasteiger partial charge in [0.25, 0.3) is 0 Å². The molecule has 0 N–H and O–H groups in total. The average Bonchev–Trinajstić information content (AvgIpc) is 2.34. The third-order valence-electron chi connectivity index (χ3n) is 3.00. The number of hydrogen-bond acceptors (Lipinski definition) is 7. The first kappa shape index (κ1) is 20.9. The van der Waals surface area contributed by atoms with Crippen LogP contribution in [-0.4, -0.2) is 42.4 Å². The van der Waals surface area contributed by atoms with Crippen molar-refractivity contribution in [2.24, 2.45) is 0 Å². The first-order valence-electron chi connectivity index (χ1n) is 7.46. The molecule has 0 aliphatic heterocycles. The van der Waals surface area contributed by atoms with Gasteiger partial charge in [-0.3, -0.25) is 9.59 Å². The van der Waals surface area contributed by atoms with Crippen LogP contribution in [0.4, 0.5) is 0 Å². The van der Waals surface area contributed by atoms with Crippen molar-refractivity contribution >= 4 is 22.1 Å². The molecule has 0 heterocycles. The summed E-state index contributed by atoms with van der Waals surface area (Å²) in [6.45, 7) is 7.03. The fourth-order valence-corrected chi connectivity index (χ4v) is 2.56. The molecular formula is C14H25O7S-. The lowest BCUT2D eigenvalue weighted by Gasteiger charge is -2.22. The summed E-state index contributed by atoms with van der Waals surface area (Å²) >= 11 is 0. The summed E-state index contributed by atoms with van der Waals surface area (Å²) in [4.78, 5) is 23.5. The Balaban J connectivity index is 4.80. The molecule has 0 aromatic heterocycles. The summed E-state index contributed by atoms with van der Waals surface area (Å²) < 4.78 is 43.5. The molecule has 22 heavy (non-hydrogen) atoms. The SMILES string of the molecule is CCCC(C)OC(=O)CC(C(=O)OC(C)CCC)S(=O)(=O)[O-]. The van der Waals surface area contributed by atoms with Crippen molar-refractivity contribution in [1.29, 1.82) is 0 Å². The average molecular weight is 337 g/mol. The molecule has 0 saturated heterocycles. The topological polar surface area (TPSA) is 110 Å². The van der Waals surface area contributed by atoms with E-state index in [1.165, 1.54) is 0 Å². The molecule has 0 rings (SSSR count). The number of ether oxygens (including phenoxy) is 2. The van der Waals surface area contributed by atoms with Crippen LogP contribution in [0.3, 0.4) is 0 Å². The molecule has 0 saturated carbocycles. The molecule has 130 valence electrons. The van der Waals surface area contributed by atoms with Gasteiger partial charge in [-0.1, -0.05) is 26.7 Å². The summed E-state index contributed by atoms with van der Waals surface area (Å²) in [5, 5.41) is -2.06. The second kappa shape index (κ2) is 9.78. The first-order chi connectivity index (χ1) is 10.1. The molecule has 7 nitrogen and oxygen atoms in total. The fourth-order valence-electron chi connectivity index (χ4n) is 1.93. The minimum Gasteiger partial charge on any atom is -0.747 e. The van der Waals surface area contributed by atoms with Crippen LogP contribution >= 0.6 is 0 Å². The Hall–Kier alpha value is -1.15. The Morgan fingerprint density at radius 1 is 1.00 bits per heavy atom. The number of carbonyl (C=O) groups is 2. The van der Waals surface area contributed by atoms with Gasteiger partial charge in [0, 0.05) is 0 Å². The van der Waals surface area contributed by atoms with E-state index in [1.807, 2.05) is 13.8 Å². The molecule has 0 aliphatic rings. The van der Waals surface area contributed by atoms with Crippen molar-refractivity contribution in [3.8, 4) is 0 Å². The molecule has 0 fully saturated rings. The van der Waals surface area contributed by atoms with E-state index in [4.69, 9.17) is 9.47 Å². The number of carbonyl (C=O) groups excluding carboxylic acids is 2. The normalized spacial score (nSPS) is 15.7. The highest BCUT2D eigenvalue weighted by Crippen LogP contribution is 2.13. The molecular weight excluding hydrogens is 312 g/mol. The van der Waals surface area contributed by atoms with E-state index in [0.717, 1.165) is 12.8 Å². The second-order valence-corrected chi connectivity index (χ2v) is 6.87. The number of rotatable bonds is 10. The van der Waals surface area contributed by atoms with Crippen LogP contribution in [-0.2, 0) is 29.2 Å². The van der Waals surface area contributed by atoms with Crippen molar-refractivity contribution in [2.75, 3.05) is 0 Å². The minimum absolute atomic E-state index is 0.400. The van der Waals surface area contributed by atoms with E-state index in [0.29, 0.717) is 12.8 Å². The molecule has 3 atom stereocenters. The molecule has 0 amide bonds. The van der Waals surface area contributed by atoms with Gasteiger partial charge in [-0.15, -0.1) is 0 Å². The van der Waals surface area contributed by atoms with Gasteiger partial charge < -0.3 is 14.0 Å². The molecule has 8 heteroatoms. The van der Waals surface area contributed by atoms with Gasteiger partial charge in [-0.25, -0.2) is 8.42 Å². The van der Waals surface area contributed by atoms with E-state index < -0.39 is 45.9 Å². The van der Waals surface area contributed by atoms with Crippen LogP contribution in [0.1, 0.15) is 59.8 Å². The monoisotopic (exact) mass is 337 g/mol. The van der Waals surface area contributed by atoms with E-state index in [1.54, 1.807) is 13.8 Å². The van der Waals surface area contributed by atoms with Crippen LogP contribution in [0.2, 0.25) is 0 Å². The van der Waals surface area contributed by atoms with Crippen molar-refractivity contribution in [1.82, 2.24) is 0 Å². The van der Waals surface area contributed by atoms with Gasteiger partial charge in [0.1, 0.15) is 10.1 Å². The summed E-state index contributed by atoms with van der Waals surface area (Å²) in [6.07, 6.45) is 0.929. The maximum Gasteiger partial charge on any atom is 0.324 e.